The summed E-state index contributed by atoms with van der Waals surface area (Å²) in [5, 5.41) is 15.6. The molecule has 0 aromatic carbocycles. The summed E-state index contributed by atoms with van der Waals surface area (Å²) in [5.74, 6) is -0.373. The lowest BCUT2D eigenvalue weighted by Crippen LogP contribution is -2.46. The molecule has 1 unspecified atom stereocenters. The molecule has 3 aliphatic heterocycles. The van der Waals surface area contributed by atoms with E-state index in [2.05, 4.69) is 13.6 Å². The molecule has 0 saturated carbocycles. The Hall–Kier alpha value is -2.00. The van der Waals surface area contributed by atoms with Crippen LogP contribution in [0.25, 0.3) is 0 Å². The van der Waals surface area contributed by atoms with Crippen LogP contribution in [-0.2, 0) is 9.59 Å². The van der Waals surface area contributed by atoms with E-state index < -0.39 is 11.9 Å². The molecule has 4 heterocycles. The van der Waals surface area contributed by atoms with E-state index in [1.54, 1.807) is 0 Å². The smallest absolute Gasteiger partial charge is 0.328 e. The van der Waals surface area contributed by atoms with Crippen LogP contribution >= 0.6 is 11.7 Å². The highest BCUT2D eigenvalue weighted by Crippen LogP contribution is 2.41. The van der Waals surface area contributed by atoms with Gasteiger partial charge in [-0.3, -0.25) is 0 Å². The van der Waals surface area contributed by atoms with Crippen molar-refractivity contribution in [1.29, 1.82) is 0 Å². The maximum absolute atomic E-state index is 9.55. The zero-order chi connectivity index (χ0) is 17.5. The lowest BCUT2D eigenvalue weighted by molar-refractivity contribution is -0.134. The van der Waals surface area contributed by atoms with Crippen molar-refractivity contribution in [2.75, 3.05) is 26.2 Å². The normalized spacial score (nSPS) is 25.1. The molecule has 2 bridgehead atoms. The van der Waals surface area contributed by atoms with E-state index in [1.807, 2.05) is 6.92 Å². The fourth-order valence-corrected chi connectivity index (χ4v) is 3.63. The second-order valence-corrected chi connectivity index (χ2v) is 6.17. The van der Waals surface area contributed by atoms with Crippen LogP contribution in [0.3, 0.4) is 0 Å². The predicted molar refractivity (Wildman–Crippen MR) is 87.4 cm³/mol. The van der Waals surface area contributed by atoms with Gasteiger partial charge < -0.3 is 19.8 Å². The van der Waals surface area contributed by atoms with Gasteiger partial charge in [-0.2, -0.15) is 4.37 Å². The number of hydrogen-bond donors (Lipinski definition) is 2. The number of ether oxygens (including phenoxy) is 1. The van der Waals surface area contributed by atoms with Crippen molar-refractivity contribution < 1.29 is 24.5 Å². The lowest BCUT2D eigenvalue weighted by Gasteiger charge is -2.44. The highest BCUT2D eigenvalue weighted by atomic mass is 32.1. The average molecular weight is 355 g/mol. The van der Waals surface area contributed by atoms with Gasteiger partial charge in [0.15, 0.2) is 0 Å². The number of piperidine rings is 3. The highest BCUT2D eigenvalue weighted by Gasteiger charge is 2.38. The van der Waals surface area contributed by atoms with E-state index >= 15 is 0 Å². The summed E-state index contributed by atoms with van der Waals surface area (Å²) in [5.41, 5.74) is 1.11. The molecule has 3 aliphatic rings. The van der Waals surface area contributed by atoms with Crippen LogP contribution in [0.2, 0.25) is 0 Å². The number of carbonyl (C=O) groups is 2. The first-order valence-electron chi connectivity index (χ1n) is 7.82. The zero-order valence-corrected chi connectivity index (χ0v) is 14.2. The van der Waals surface area contributed by atoms with E-state index in [4.69, 9.17) is 14.9 Å². The summed E-state index contributed by atoms with van der Waals surface area (Å²) in [6.45, 7) is 6.36. The molecule has 8 nitrogen and oxygen atoms in total. The topological polar surface area (TPSA) is 113 Å². The van der Waals surface area contributed by atoms with E-state index in [9.17, 15) is 9.59 Å². The Balaban J connectivity index is 0.000000224. The van der Waals surface area contributed by atoms with Gasteiger partial charge >= 0.3 is 11.9 Å². The third-order valence-corrected chi connectivity index (χ3v) is 4.66. The molecule has 1 aromatic rings. The van der Waals surface area contributed by atoms with Gasteiger partial charge in [0.25, 0.3) is 0 Å². The molecule has 1 aromatic heterocycles. The van der Waals surface area contributed by atoms with Gasteiger partial charge in [-0.05, 0) is 38.8 Å². The first-order valence-corrected chi connectivity index (χ1v) is 8.55. The monoisotopic (exact) mass is 355 g/mol. The Labute approximate surface area is 144 Å². The molecule has 4 rings (SSSR count). The van der Waals surface area contributed by atoms with Crippen LogP contribution in [-0.4, -0.2) is 62.0 Å². The van der Waals surface area contributed by atoms with Gasteiger partial charge in [0.05, 0.1) is 18.3 Å². The summed E-state index contributed by atoms with van der Waals surface area (Å²) in [6.07, 6.45) is 3.74. The van der Waals surface area contributed by atoms with Crippen molar-refractivity contribution in [2.45, 2.75) is 25.7 Å². The van der Waals surface area contributed by atoms with Gasteiger partial charge in [-0.25, -0.2) is 9.59 Å². The second kappa shape index (κ2) is 8.74. The Kier molecular flexibility index (Phi) is 6.68. The largest absolute Gasteiger partial charge is 0.478 e. The molecule has 0 amide bonds. The SMILES string of the molecule is CCOc1nsnc1C1CN2CCC1CC2.O=C(O)/C=C/C(=O)O. The summed E-state index contributed by atoms with van der Waals surface area (Å²) in [4.78, 5) is 21.6. The van der Waals surface area contributed by atoms with E-state index in [-0.39, 0.29) is 0 Å². The quantitative estimate of drug-likeness (QED) is 0.763. The van der Waals surface area contributed by atoms with E-state index in [1.165, 1.54) is 37.7 Å². The molecule has 0 spiro atoms. The van der Waals surface area contributed by atoms with Crippen LogP contribution < -0.4 is 4.74 Å². The summed E-state index contributed by atoms with van der Waals surface area (Å²) in [7, 11) is 0. The van der Waals surface area contributed by atoms with Crippen molar-refractivity contribution in [3.8, 4) is 5.88 Å². The van der Waals surface area contributed by atoms with Crippen LogP contribution in [0.4, 0.5) is 0 Å². The van der Waals surface area contributed by atoms with Crippen molar-refractivity contribution in [3.63, 3.8) is 0 Å². The Morgan fingerprint density at radius 2 is 1.88 bits per heavy atom. The number of fused-ring (bicyclic) bond motifs is 3. The third-order valence-electron chi connectivity index (χ3n) is 4.14. The minimum absolute atomic E-state index is 0.558. The minimum Gasteiger partial charge on any atom is -0.478 e. The number of rotatable bonds is 5. The molecule has 3 saturated heterocycles. The van der Waals surface area contributed by atoms with E-state index in [0.29, 0.717) is 24.7 Å². The van der Waals surface area contributed by atoms with Gasteiger partial charge in [-0.1, -0.05) is 0 Å². The summed E-state index contributed by atoms with van der Waals surface area (Å²) >= 11 is 1.28. The molecule has 1 atom stereocenters. The number of carboxylic acids is 2. The van der Waals surface area contributed by atoms with Crippen molar-refractivity contribution in [1.82, 2.24) is 13.6 Å². The van der Waals surface area contributed by atoms with Crippen LogP contribution in [0.5, 0.6) is 5.88 Å². The lowest BCUT2D eigenvalue weighted by atomic mass is 9.77. The number of aliphatic carboxylic acids is 2. The maximum atomic E-state index is 9.55. The van der Waals surface area contributed by atoms with Crippen LogP contribution in [0, 0.1) is 5.92 Å². The fraction of sp³-hybridized carbons (Fsp3) is 0.600. The summed E-state index contributed by atoms with van der Waals surface area (Å²) < 4.78 is 14.3. The average Bonchev–Trinajstić information content (AvgIpc) is 3.03. The third kappa shape index (κ3) is 5.00. The Morgan fingerprint density at radius 3 is 2.33 bits per heavy atom. The Morgan fingerprint density at radius 1 is 1.25 bits per heavy atom. The first kappa shape index (κ1) is 18.3. The van der Waals surface area contributed by atoms with E-state index in [0.717, 1.165) is 24.0 Å². The maximum Gasteiger partial charge on any atom is 0.328 e. The molecule has 3 fully saturated rings. The van der Waals surface area contributed by atoms with Crippen molar-refractivity contribution in [3.05, 3.63) is 17.8 Å². The zero-order valence-electron chi connectivity index (χ0n) is 13.4. The molecule has 24 heavy (non-hydrogen) atoms. The number of aromatic nitrogens is 2. The minimum atomic E-state index is -1.26. The van der Waals surface area contributed by atoms with Gasteiger partial charge in [0.2, 0.25) is 5.88 Å². The highest BCUT2D eigenvalue weighted by molar-refractivity contribution is 6.99. The van der Waals surface area contributed by atoms with Crippen molar-refractivity contribution in [2.24, 2.45) is 5.92 Å². The van der Waals surface area contributed by atoms with Crippen molar-refractivity contribution >= 4 is 23.7 Å². The molecular formula is C15H21N3O5S. The molecule has 9 heteroatoms. The van der Waals surface area contributed by atoms with Gasteiger partial charge in [0, 0.05) is 24.6 Å². The molecular weight excluding hydrogens is 334 g/mol. The van der Waals surface area contributed by atoms with Gasteiger partial charge in [0.1, 0.15) is 5.69 Å². The summed E-state index contributed by atoms with van der Waals surface area (Å²) in [6, 6.07) is 0. The predicted octanol–water partition coefficient (Wildman–Crippen LogP) is 1.46. The fourth-order valence-electron chi connectivity index (χ4n) is 3.07. The molecule has 132 valence electrons. The van der Waals surface area contributed by atoms with Crippen LogP contribution in [0.15, 0.2) is 12.2 Å². The molecule has 2 N–H and O–H groups in total. The van der Waals surface area contributed by atoms with Gasteiger partial charge in [-0.15, -0.1) is 4.37 Å². The second-order valence-electron chi connectivity index (χ2n) is 5.64. The molecule has 0 radical (unpaired) electrons. The number of hydrogen-bond acceptors (Lipinski definition) is 7. The number of carboxylic acid groups (broad SMARTS) is 2. The Bertz CT molecular complexity index is 580. The van der Waals surface area contributed by atoms with Crippen LogP contribution in [0.1, 0.15) is 31.4 Å². The standard InChI is InChI=1S/C11H17N3OS.C4H4O4/c1-2-15-11-10(12-16-13-11)9-7-14-5-3-8(9)4-6-14;5-3(6)1-2-4(7)8/h8-9H,2-7H2,1H3;1-2H,(H,5,6)(H,7,8)/b;2-1+. The first-order chi connectivity index (χ1) is 11.5. The number of nitrogens with zero attached hydrogens (tertiary/aromatic N) is 3. The molecule has 0 aliphatic carbocycles.